The van der Waals surface area contributed by atoms with Crippen molar-refractivity contribution in [2.45, 2.75) is 43.2 Å². The molecule has 0 radical (unpaired) electrons. The number of rotatable bonds is 5. The Morgan fingerprint density at radius 2 is 2.14 bits per heavy atom. The summed E-state index contributed by atoms with van der Waals surface area (Å²) < 4.78 is 75.9. The molecule has 0 unspecified atom stereocenters. The number of hydrogen-bond donors (Lipinski definition) is 1. The fourth-order valence-corrected chi connectivity index (χ4v) is 7.28. The lowest BCUT2D eigenvalue weighted by Crippen LogP contribution is -2.43. The number of anilines is 1. The summed E-state index contributed by atoms with van der Waals surface area (Å²) in [6, 6.07) is 7.02. The van der Waals surface area contributed by atoms with E-state index >= 15 is 4.39 Å². The van der Waals surface area contributed by atoms with Crippen molar-refractivity contribution in [3.05, 3.63) is 47.9 Å². The van der Waals surface area contributed by atoms with Crippen molar-refractivity contribution >= 4 is 27.5 Å². The van der Waals surface area contributed by atoms with Crippen LogP contribution in [0.25, 0.3) is 32.9 Å². The molecule has 2 aromatic carbocycles. The first-order valence-corrected chi connectivity index (χ1v) is 14.8. The Morgan fingerprint density at radius 3 is 3.00 bits per heavy atom. The van der Waals surface area contributed by atoms with E-state index < -0.39 is 48.2 Å². The molecule has 8 nitrogen and oxygen atoms in total. The second-order valence-corrected chi connectivity index (χ2v) is 12.0. The van der Waals surface area contributed by atoms with Gasteiger partial charge in [0.1, 0.15) is 41.7 Å². The number of halogens is 3. The largest absolute Gasteiger partial charge is 0.508 e. The molecule has 4 fully saturated rings. The molecule has 11 heteroatoms. The first-order valence-electron chi connectivity index (χ1n) is 15.8. The molecule has 5 atom stereocenters. The number of aromatic nitrogens is 3. The minimum Gasteiger partial charge on any atom is -0.508 e. The van der Waals surface area contributed by atoms with Crippen LogP contribution in [-0.2, 0) is 4.74 Å². The normalized spacial score (nSPS) is 29.1. The van der Waals surface area contributed by atoms with Gasteiger partial charge in [-0.15, -0.1) is 6.42 Å². The lowest BCUT2D eigenvalue weighted by atomic mass is 9.95. The van der Waals surface area contributed by atoms with Crippen molar-refractivity contribution in [2.24, 2.45) is 5.92 Å². The lowest BCUT2D eigenvalue weighted by molar-refractivity contribution is 0.107. The number of hydrogen-bond acceptors (Lipinski definition) is 8. The Bertz CT molecular complexity index is 1940. The molecule has 0 amide bonds. The molecule has 1 aliphatic carbocycles. The molecule has 4 aliphatic rings. The van der Waals surface area contributed by atoms with Crippen LogP contribution in [0.2, 0.25) is 0 Å². The molecule has 3 saturated heterocycles. The van der Waals surface area contributed by atoms with Gasteiger partial charge in [0.15, 0.2) is 5.82 Å². The second kappa shape index (κ2) is 10.2. The summed E-state index contributed by atoms with van der Waals surface area (Å²) in [6.45, 7) is -1.05. The smallest absolute Gasteiger partial charge is 0.319 e. The average Bonchev–Trinajstić information content (AvgIpc) is 3.38. The molecular formula is C33H30F3N5O3. The summed E-state index contributed by atoms with van der Waals surface area (Å²) in [7, 11) is 0. The fourth-order valence-electron chi connectivity index (χ4n) is 7.28. The number of phenolic OH excluding ortho intramolecular Hbond substituents is 1. The number of phenols is 1. The average molecular weight is 604 g/mol. The number of pyridine rings is 1. The van der Waals surface area contributed by atoms with E-state index in [-0.39, 0.29) is 66.5 Å². The van der Waals surface area contributed by atoms with E-state index in [1.54, 1.807) is 28.0 Å². The van der Waals surface area contributed by atoms with Crippen molar-refractivity contribution < 1.29 is 30.5 Å². The van der Waals surface area contributed by atoms with Crippen molar-refractivity contribution in [3.8, 4) is 35.4 Å². The van der Waals surface area contributed by atoms with Crippen molar-refractivity contribution in [1.29, 1.82) is 0 Å². The van der Waals surface area contributed by atoms with E-state index in [1.165, 1.54) is 18.3 Å². The number of alkyl halides is 2. The Labute approximate surface area is 254 Å². The SMILES string of the molecule is [2H]C([2H])(Oc1nc(N2CCOC[C@H]3[C@H](F)[C@H]32)c2cnc(-c3cc(O)cc4cccc(C#C)c34)c(F)c2n1)[C@@]12CCCN1C[C@H](F)C2. The van der Waals surface area contributed by atoms with E-state index in [9.17, 15) is 13.9 Å². The number of fused-ring (bicyclic) bond motifs is 4. The van der Waals surface area contributed by atoms with E-state index in [4.69, 9.17) is 18.6 Å². The first kappa shape index (κ1) is 25.2. The van der Waals surface area contributed by atoms with Crippen LogP contribution in [0.3, 0.4) is 0 Å². The van der Waals surface area contributed by atoms with Gasteiger partial charge in [0.2, 0.25) is 0 Å². The Hall–Kier alpha value is -4.14. The van der Waals surface area contributed by atoms with E-state index in [0.717, 1.165) is 0 Å². The van der Waals surface area contributed by atoms with Gasteiger partial charge in [0.25, 0.3) is 0 Å². The van der Waals surface area contributed by atoms with Gasteiger partial charge in [-0.2, -0.15) is 9.97 Å². The summed E-state index contributed by atoms with van der Waals surface area (Å²) in [5.74, 6) is 1.34. The van der Waals surface area contributed by atoms with Crippen LogP contribution in [0.5, 0.6) is 11.8 Å². The lowest BCUT2D eigenvalue weighted by Gasteiger charge is -2.31. The summed E-state index contributed by atoms with van der Waals surface area (Å²) in [5.41, 5.74) is -0.922. The highest BCUT2D eigenvalue weighted by atomic mass is 19.1. The molecule has 4 aromatic rings. The second-order valence-electron chi connectivity index (χ2n) is 12.0. The third-order valence-electron chi connectivity index (χ3n) is 9.40. The highest BCUT2D eigenvalue weighted by molar-refractivity contribution is 6.02. The molecule has 44 heavy (non-hydrogen) atoms. The standard InChI is InChI=1S/C33H30F3N5O3/c1-2-18-5-3-6-19-11-21(42)12-22(25(18)19)28-27(36)29-23(14-37-28)31(41-9-10-43-16-24-26(35)30(24)41)39-32(38-29)44-17-33-7-4-8-40(33)15-20(34)13-33/h1,3,5-6,11-12,14,20,24,26,30,42H,4,7-10,13,15-17H2/t20-,24+,26+,30+,33+/m1/s1/i17D2. The monoisotopic (exact) mass is 603 g/mol. The number of terminal acetylenes is 1. The zero-order chi connectivity index (χ0) is 32.0. The molecule has 2 aromatic heterocycles. The molecule has 5 heterocycles. The predicted octanol–water partition coefficient (Wildman–Crippen LogP) is 4.80. The molecular weight excluding hydrogens is 571 g/mol. The van der Waals surface area contributed by atoms with Crippen LogP contribution in [-0.4, -0.2) is 88.3 Å². The van der Waals surface area contributed by atoms with Gasteiger partial charge in [0.05, 0.1) is 32.9 Å². The van der Waals surface area contributed by atoms with Crippen LogP contribution in [0.15, 0.2) is 36.5 Å². The Balaban J connectivity index is 1.32. The highest BCUT2D eigenvalue weighted by Crippen LogP contribution is 2.46. The fraction of sp³-hybridized carbons (Fsp3) is 0.424. The molecule has 1 N–H and O–H groups in total. The quantitative estimate of drug-likeness (QED) is 0.326. The molecule has 0 bridgehead atoms. The summed E-state index contributed by atoms with van der Waals surface area (Å²) in [5, 5.41) is 11.8. The maximum Gasteiger partial charge on any atom is 0.319 e. The van der Waals surface area contributed by atoms with E-state index in [0.29, 0.717) is 35.7 Å². The Kier molecular flexibility index (Phi) is 5.85. The molecule has 226 valence electrons. The third-order valence-corrected chi connectivity index (χ3v) is 9.40. The van der Waals surface area contributed by atoms with E-state index in [2.05, 4.69) is 20.9 Å². The first-order chi connectivity index (χ1) is 22.1. The molecule has 1 saturated carbocycles. The van der Waals surface area contributed by atoms with E-state index in [1.807, 2.05) is 0 Å². The Morgan fingerprint density at radius 1 is 1.25 bits per heavy atom. The predicted molar refractivity (Wildman–Crippen MR) is 159 cm³/mol. The zero-order valence-electron chi connectivity index (χ0n) is 25.6. The van der Waals surface area contributed by atoms with Gasteiger partial charge in [-0.3, -0.25) is 9.88 Å². The summed E-state index contributed by atoms with van der Waals surface area (Å²) in [4.78, 5) is 16.8. The number of benzene rings is 2. The van der Waals surface area contributed by atoms with Crippen molar-refractivity contribution in [2.75, 3.05) is 44.3 Å². The van der Waals surface area contributed by atoms with Gasteiger partial charge >= 0.3 is 6.01 Å². The molecule has 3 aliphatic heterocycles. The van der Waals surface area contributed by atoms with Crippen molar-refractivity contribution in [3.63, 3.8) is 0 Å². The highest BCUT2D eigenvalue weighted by Gasteiger charge is 2.56. The zero-order valence-corrected chi connectivity index (χ0v) is 23.6. The number of ether oxygens (including phenoxy) is 2. The minimum absolute atomic E-state index is 0.0539. The van der Waals surface area contributed by atoms with Crippen molar-refractivity contribution in [1.82, 2.24) is 19.9 Å². The van der Waals surface area contributed by atoms with Gasteiger partial charge in [-0.25, -0.2) is 13.2 Å². The van der Waals surface area contributed by atoms with Gasteiger partial charge in [-0.05, 0) is 43.0 Å². The van der Waals surface area contributed by atoms with Crippen LogP contribution >= 0.6 is 0 Å². The number of nitrogens with zero attached hydrogens (tertiary/aromatic N) is 5. The molecule has 8 rings (SSSR count). The third kappa shape index (κ3) is 4.26. The van der Waals surface area contributed by atoms with Gasteiger partial charge in [-0.1, -0.05) is 18.1 Å². The topological polar surface area (TPSA) is 83.8 Å². The molecule has 0 spiro atoms. The maximum atomic E-state index is 16.8. The van der Waals surface area contributed by atoms with Crippen LogP contribution in [0.1, 0.15) is 27.6 Å². The van der Waals surface area contributed by atoms with Gasteiger partial charge < -0.3 is 19.5 Å². The number of aromatic hydroxyl groups is 1. The summed E-state index contributed by atoms with van der Waals surface area (Å²) >= 11 is 0. The maximum absolute atomic E-state index is 16.8. The van der Waals surface area contributed by atoms with Crippen LogP contribution < -0.4 is 9.64 Å². The van der Waals surface area contributed by atoms with Crippen LogP contribution in [0, 0.1) is 24.1 Å². The van der Waals surface area contributed by atoms with Gasteiger partial charge in [0, 0.05) is 48.1 Å². The van der Waals surface area contributed by atoms with Crippen LogP contribution in [0.4, 0.5) is 19.0 Å². The minimum atomic E-state index is -2.43. The summed E-state index contributed by atoms with van der Waals surface area (Å²) in [6.07, 6.45) is 5.75.